The van der Waals surface area contributed by atoms with Crippen LogP contribution in [0.15, 0.2) is 0 Å². The first-order valence-corrected chi connectivity index (χ1v) is 8.29. The van der Waals surface area contributed by atoms with Gasteiger partial charge in [-0.3, -0.25) is 9.69 Å². The van der Waals surface area contributed by atoms with Crippen LogP contribution in [-0.4, -0.2) is 67.1 Å². The van der Waals surface area contributed by atoms with Crippen LogP contribution < -0.4 is 5.32 Å². The molecule has 0 amide bonds. The van der Waals surface area contributed by atoms with E-state index < -0.39 is 17.8 Å². The molecule has 1 unspecified atom stereocenters. The Bertz CT molecular complexity index is 384. The van der Waals surface area contributed by atoms with E-state index in [9.17, 15) is 9.59 Å². The topological polar surface area (TPSA) is 67.9 Å². The number of carbonyl (C=O) groups excluding carboxylic acids is 2. The molecule has 0 aromatic rings. The van der Waals surface area contributed by atoms with Crippen molar-refractivity contribution in [3.05, 3.63) is 0 Å². The first kappa shape index (κ1) is 19.0. The van der Waals surface area contributed by atoms with Gasteiger partial charge < -0.3 is 14.8 Å². The molecule has 126 valence electrons. The van der Waals surface area contributed by atoms with Crippen molar-refractivity contribution in [1.82, 2.24) is 10.2 Å². The zero-order chi connectivity index (χ0) is 16.4. The van der Waals surface area contributed by atoms with E-state index in [1.54, 1.807) is 0 Å². The van der Waals surface area contributed by atoms with E-state index in [0.717, 1.165) is 32.8 Å². The lowest BCUT2D eigenvalue weighted by Gasteiger charge is -2.27. The molecule has 1 N–H and O–H groups in total. The Morgan fingerprint density at radius 1 is 1.32 bits per heavy atom. The van der Waals surface area contributed by atoms with Crippen LogP contribution in [-0.2, 0) is 19.1 Å². The number of nitrogens with zero attached hydrogens (tertiary/aromatic N) is 1. The molecule has 1 aliphatic rings. The zero-order valence-corrected chi connectivity index (χ0v) is 14.2. The first-order chi connectivity index (χ1) is 10.6. The van der Waals surface area contributed by atoms with Crippen LogP contribution in [0.4, 0.5) is 0 Å². The number of esters is 1. The second-order valence-electron chi connectivity index (χ2n) is 5.23. The van der Waals surface area contributed by atoms with E-state index in [2.05, 4.69) is 10.2 Å². The van der Waals surface area contributed by atoms with Crippen LogP contribution in [0, 0.1) is 0 Å². The zero-order valence-electron chi connectivity index (χ0n) is 13.4. The van der Waals surface area contributed by atoms with Crippen molar-refractivity contribution in [3.63, 3.8) is 0 Å². The number of morpholine rings is 1. The minimum atomic E-state index is -0.780. The third kappa shape index (κ3) is 6.81. The Morgan fingerprint density at radius 3 is 2.59 bits per heavy atom. The van der Waals surface area contributed by atoms with Crippen LogP contribution >= 0.6 is 12.2 Å². The van der Waals surface area contributed by atoms with Crippen molar-refractivity contribution >= 4 is 29.0 Å². The fourth-order valence-electron chi connectivity index (χ4n) is 2.11. The summed E-state index contributed by atoms with van der Waals surface area (Å²) in [6.07, 6.45) is 1.86. The van der Waals surface area contributed by atoms with Crippen LogP contribution in [0.5, 0.6) is 0 Å². The first-order valence-electron chi connectivity index (χ1n) is 7.88. The summed E-state index contributed by atoms with van der Waals surface area (Å²) in [5.74, 6) is -1.33. The molecule has 0 bridgehead atoms. The Hall–Kier alpha value is -1.05. The van der Waals surface area contributed by atoms with Gasteiger partial charge in [-0.15, -0.1) is 0 Å². The van der Waals surface area contributed by atoms with Gasteiger partial charge in [0.05, 0.1) is 30.9 Å². The van der Waals surface area contributed by atoms with Gasteiger partial charge in [0, 0.05) is 26.1 Å². The lowest BCUT2D eigenvalue weighted by atomic mass is 10.1. The van der Waals surface area contributed by atoms with Crippen LogP contribution in [0.2, 0.25) is 0 Å². The van der Waals surface area contributed by atoms with Gasteiger partial charge in [-0.25, -0.2) is 4.79 Å². The highest BCUT2D eigenvalue weighted by Crippen LogP contribution is 2.02. The summed E-state index contributed by atoms with van der Waals surface area (Å²) in [4.78, 5) is 26.5. The SMILES string of the molecule is CCCOC(=O)C(=O)C(CC)NC(=S)CCN1CCOCC1. The number of thiocarbonyl (C=S) groups is 1. The maximum Gasteiger partial charge on any atom is 0.376 e. The highest BCUT2D eigenvalue weighted by molar-refractivity contribution is 7.80. The van der Waals surface area contributed by atoms with E-state index in [0.29, 0.717) is 24.3 Å². The average molecular weight is 330 g/mol. The van der Waals surface area contributed by atoms with Crippen molar-refractivity contribution in [2.45, 2.75) is 39.2 Å². The lowest BCUT2D eigenvalue weighted by molar-refractivity contribution is -0.154. The average Bonchev–Trinajstić information content (AvgIpc) is 2.55. The predicted molar refractivity (Wildman–Crippen MR) is 87.9 cm³/mol. The molecule has 1 atom stereocenters. The second-order valence-corrected chi connectivity index (χ2v) is 5.73. The molecule has 0 aromatic heterocycles. The fourth-order valence-corrected chi connectivity index (χ4v) is 2.35. The predicted octanol–water partition coefficient (Wildman–Crippen LogP) is 0.927. The molecule has 1 fully saturated rings. The molecule has 1 rings (SSSR count). The molecule has 6 nitrogen and oxygen atoms in total. The molecule has 1 heterocycles. The number of ketones is 1. The molecule has 0 radical (unpaired) electrons. The number of hydrogen-bond donors (Lipinski definition) is 1. The highest BCUT2D eigenvalue weighted by atomic mass is 32.1. The molecule has 1 aliphatic heterocycles. The number of ether oxygens (including phenoxy) is 2. The molecule has 0 spiro atoms. The van der Waals surface area contributed by atoms with Gasteiger partial charge in [-0.2, -0.15) is 0 Å². The third-order valence-electron chi connectivity index (χ3n) is 3.46. The Morgan fingerprint density at radius 2 is 2.00 bits per heavy atom. The smallest absolute Gasteiger partial charge is 0.376 e. The van der Waals surface area contributed by atoms with E-state index in [1.165, 1.54) is 0 Å². The van der Waals surface area contributed by atoms with Gasteiger partial charge in [0.25, 0.3) is 5.78 Å². The van der Waals surface area contributed by atoms with Crippen molar-refractivity contribution in [1.29, 1.82) is 0 Å². The van der Waals surface area contributed by atoms with E-state index in [4.69, 9.17) is 21.7 Å². The molecular weight excluding hydrogens is 304 g/mol. The Labute approximate surface area is 137 Å². The maximum absolute atomic E-state index is 12.0. The number of carbonyl (C=O) groups is 2. The van der Waals surface area contributed by atoms with Crippen molar-refractivity contribution in [2.75, 3.05) is 39.5 Å². The Kier molecular flexibility index (Phi) is 9.19. The van der Waals surface area contributed by atoms with Gasteiger partial charge >= 0.3 is 5.97 Å². The molecule has 1 saturated heterocycles. The summed E-state index contributed by atoms with van der Waals surface area (Å²) >= 11 is 5.28. The quantitative estimate of drug-likeness (QED) is 0.383. The number of hydrogen-bond acceptors (Lipinski definition) is 6. The largest absolute Gasteiger partial charge is 0.460 e. The number of Topliss-reactive ketones (excluding diaryl/α,β-unsaturated/α-hetero) is 1. The molecular formula is C15H26N2O4S. The summed E-state index contributed by atoms with van der Waals surface area (Å²) in [6, 6.07) is -0.596. The third-order valence-corrected chi connectivity index (χ3v) is 3.78. The Balaban J connectivity index is 2.35. The van der Waals surface area contributed by atoms with E-state index in [1.807, 2.05) is 13.8 Å². The number of rotatable bonds is 9. The van der Waals surface area contributed by atoms with Gasteiger partial charge in [-0.05, 0) is 12.8 Å². The van der Waals surface area contributed by atoms with E-state index >= 15 is 0 Å². The van der Waals surface area contributed by atoms with Gasteiger partial charge in [-0.1, -0.05) is 26.1 Å². The molecule has 22 heavy (non-hydrogen) atoms. The second kappa shape index (κ2) is 10.6. The van der Waals surface area contributed by atoms with Crippen molar-refractivity contribution < 1.29 is 19.1 Å². The summed E-state index contributed by atoms with van der Waals surface area (Å²) in [5.41, 5.74) is 0. The summed E-state index contributed by atoms with van der Waals surface area (Å²) in [6.45, 7) is 8.13. The van der Waals surface area contributed by atoms with Crippen LogP contribution in [0.1, 0.15) is 33.1 Å². The van der Waals surface area contributed by atoms with E-state index in [-0.39, 0.29) is 6.61 Å². The lowest BCUT2D eigenvalue weighted by Crippen LogP contribution is -2.45. The monoisotopic (exact) mass is 330 g/mol. The maximum atomic E-state index is 12.0. The normalized spacial score (nSPS) is 16.8. The van der Waals surface area contributed by atoms with Crippen molar-refractivity contribution in [2.24, 2.45) is 0 Å². The molecule has 0 saturated carbocycles. The molecule has 7 heteroatoms. The van der Waals surface area contributed by atoms with Gasteiger partial charge in [0.1, 0.15) is 0 Å². The highest BCUT2D eigenvalue weighted by Gasteiger charge is 2.25. The molecule has 0 aromatic carbocycles. The van der Waals surface area contributed by atoms with Crippen LogP contribution in [0.25, 0.3) is 0 Å². The minimum Gasteiger partial charge on any atom is -0.460 e. The van der Waals surface area contributed by atoms with Gasteiger partial charge in [0.15, 0.2) is 0 Å². The summed E-state index contributed by atoms with van der Waals surface area (Å²) in [7, 11) is 0. The van der Waals surface area contributed by atoms with Crippen molar-refractivity contribution in [3.8, 4) is 0 Å². The number of nitrogens with one attached hydrogen (secondary N) is 1. The summed E-state index contributed by atoms with van der Waals surface area (Å²) < 4.78 is 10.2. The molecule has 0 aliphatic carbocycles. The fraction of sp³-hybridized carbons (Fsp3) is 0.800. The standard InChI is InChI=1S/C15H26N2O4S/c1-3-9-21-15(19)14(18)12(4-2)16-13(22)5-6-17-7-10-20-11-8-17/h12H,3-11H2,1-2H3,(H,16,22). The minimum absolute atomic E-state index is 0.266. The van der Waals surface area contributed by atoms with Gasteiger partial charge in [0.2, 0.25) is 0 Å². The van der Waals surface area contributed by atoms with Crippen LogP contribution in [0.3, 0.4) is 0 Å². The summed E-state index contributed by atoms with van der Waals surface area (Å²) in [5, 5.41) is 2.99.